The number of carbonyl (C=O) groups excluding carboxylic acids is 1. The molecule has 2 heteroatoms. The standard InChI is InChI=1S/C5H9NO/c7-4-5-1-2-6-3-5/h4-6H,1-3H2/p+1. The van der Waals surface area contributed by atoms with Crippen molar-refractivity contribution < 1.29 is 10.1 Å². The van der Waals surface area contributed by atoms with Gasteiger partial charge in [-0.25, -0.2) is 0 Å². The molecule has 0 amide bonds. The Labute approximate surface area is 42.9 Å². The Hall–Kier alpha value is -0.370. The molecule has 1 aliphatic heterocycles. The van der Waals surface area contributed by atoms with E-state index in [1.54, 1.807) is 0 Å². The van der Waals surface area contributed by atoms with E-state index >= 15 is 0 Å². The summed E-state index contributed by atoms with van der Waals surface area (Å²) in [6.07, 6.45) is 2.15. The number of aldehydes is 1. The fourth-order valence-electron chi connectivity index (χ4n) is 0.905. The molecule has 0 spiro atoms. The zero-order valence-corrected chi connectivity index (χ0v) is 4.26. The third-order valence-corrected chi connectivity index (χ3v) is 1.40. The Balaban J connectivity index is 2.26. The molecule has 0 aromatic rings. The summed E-state index contributed by atoms with van der Waals surface area (Å²) < 4.78 is 0. The molecule has 1 unspecified atom stereocenters. The van der Waals surface area contributed by atoms with Crippen molar-refractivity contribution in [1.29, 1.82) is 0 Å². The highest BCUT2D eigenvalue weighted by molar-refractivity contribution is 5.53. The van der Waals surface area contributed by atoms with E-state index in [1.165, 1.54) is 0 Å². The van der Waals surface area contributed by atoms with Gasteiger partial charge in [0.25, 0.3) is 0 Å². The molecular formula is C5H10NO+. The van der Waals surface area contributed by atoms with Gasteiger partial charge in [-0.2, -0.15) is 0 Å². The highest BCUT2D eigenvalue weighted by Crippen LogP contribution is 1.95. The van der Waals surface area contributed by atoms with Crippen molar-refractivity contribution in [1.82, 2.24) is 0 Å². The first-order chi connectivity index (χ1) is 3.43. The molecule has 2 nitrogen and oxygen atoms in total. The lowest BCUT2D eigenvalue weighted by Crippen LogP contribution is -2.81. The first kappa shape index (κ1) is 4.78. The van der Waals surface area contributed by atoms with Crippen LogP contribution in [-0.4, -0.2) is 19.4 Å². The van der Waals surface area contributed by atoms with Gasteiger partial charge in [0.15, 0.2) is 0 Å². The van der Waals surface area contributed by atoms with E-state index in [0.717, 1.165) is 25.8 Å². The number of quaternary nitrogens is 1. The highest BCUT2D eigenvalue weighted by atomic mass is 16.1. The Bertz CT molecular complexity index is 66.5. The number of hydrogen-bond donors (Lipinski definition) is 1. The quantitative estimate of drug-likeness (QED) is 0.411. The van der Waals surface area contributed by atoms with Crippen LogP contribution in [0.15, 0.2) is 0 Å². The average molecular weight is 100 g/mol. The zero-order chi connectivity index (χ0) is 5.11. The van der Waals surface area contributed by atoms with Crippen molar-refractivity contribution in [3.05, 3.63) is 0 Å². The van der Waals surface area contributed by atoms with Crippen molar-refractivity contribution in [2.24, 2.45) is 5.92 Å². The summed E-state index contributed by atoms with van der Waals surface area (Å²) >= 11 is 0. The number of nitrogens with two attached hydrogens (primary N) is 1. The molecule has 0 aliphatic carbocycles. The van der Waals surface area contributed by atoms with Gasteiger partial charge in [-0.3, -0.25) is 0 Å². The van der Waals surface area contributed by atoms with Crippen LogP contribution in [0.25, 0.3) is 0 Å². The molecule has 0 aromatic heterocycles. The normalized spacial score (nSPS) is 30.6. The van der Waals surface area contributed by atoms with E-state index in [9.17, 15) is 4.79 Å². The minimum atomic E-state index is 0.361. The Morgan fingerprint density at radius 3 is 2.86 bits per heavy atom. The van der Waals surface area contributed by atoms with Crippen molar-refractivity contribution in [2.75, 3.05) is 13.1 Å². The van der Waals surface area contributed by atoms with E-state index in [-0.39, 0.29) is 0 Å². The van der Waals surface area contributed by atoms with E-state index in [0.29, 0.717) is 5.92 Å². The molecule has 2 N–H and O–H groups in total. The lowest BCUT2D eigenvalue weighted by Gasteiger charge is -1.85. The van der Waals surface area contributed by atoms with Crippen molar-refractivity contribution in [3.63, 3.8) is 0 Å². The second-order valence-corrected chi connectivity index (χ2v) is 2.00. The maximum Gasteiger partial charge on any atom is 0.128 e. The maximum atomic E-state index is 9.99. The molecule has 40 valence electrons. The first-order valence-corrected chi connectivity index (χ1v) is 2.70. The average Bonchev–Trinajstić information content (AvgIpc) is 2.14. The van der Waals surface area contributed by atoms with Gasteiger partial charge >= 0.3 is 0 Å². The molecule has 0 bridgehead atoms. The summed E-state index contributed by atoms with van der Waals surface area (Å²) in [5.74, 6) is 0.361. The molecule has 0 saturated carbocycles. The van der Waals surface area contributed by atoms with Crippen LogP contribution in [0.3, 0.4) is 0 Å². The predicted molar refractivity (Wildman–Crippen MR) is 25.8 cm³/mol. The van der Waals surface area contributed by atoms with Crippen molar-refractivity contribution >= 4 is 6.29 Å². The topological polar surface area (TPSA) is 33.7 Å². The van der Waals surface area contributed by atoms with Crippen molar-refractivity contribution in [3.8, 4) is 0 Å². The Morgan fingerprint density at radius 1 is 1.71 bits per heavy atom. The molecule has 1 aliphatic rings. The van der Waals surface area contributed by atoms with Crippen LogP contribution < -0.4 is 5.32 Å². The molecule has 1 rings (SSSR count). The maximum absolute atomic E-state index is 9.99. The summed E-state index contributed by atoms with van der Waals surface area (Å²) in [7, 11) is 0. The number of hydrogen-bond acceptors (Lipinski definition) is 1. The molecular weight excluding hydrogens is 90.1 g/mol. The number of rotatable bonds is 1. The first-order valence-electron chi connectivity index (χ1n) is 2.70. The largest absolute Gasteiger partial charge is 0.346 e. The fourth-order valence-corrected chi connectivity index (χ4v) is 0.905. The smallest absolute Gasteiger partial charge is 0.128 e. The monoisotopic (exact) mass is 100 g/mol. The predicted octanol–water partition coefficient (Wildman–Crippen LogP) is -1.23. The van der Waals surface area contributed by atoms with Gasteiger partial charge in [-0.1, -0.05) is 0 Å². The van der Waals surface area contributed by atoms with Crippen LogP contribution in [0.5, 0.6) is 0 Å². The lowest BCUT2D eigenvalue weighted by molar-refractivity contribution is -0.637. The summed E-state index contributed by atoms with van der Waals surface area (Å²) in [6, 6.07) is 0. The van der Waals surface area contributed by atoms with Crippen molar-refractivity contribution in [2.45, 2.75) is 6.42 Å². The van der Waals surface area contributed by atoms with Crippen LogP contribution in [-0.2, 0) is 4.79 Å². The highest BCUT2D eigenvalue weighted by Gasteiger charge is 2.15. The fraction of sp³-hybridized carbons (Fsp3) is 0.800. The SMILES string of the molecule is O=CC1CC[NH2+]C1. The van der Waals surface area contributed by atoms with Crippen LogP contribution in [0.4, 0.5) is 0 Å². The lowest BCUT2D eigenvalue weighted by atomic mass is 10.2. The van der Waals surface area contributed by atoms with E-state index < -0.39 is 0 Å². The van der Waals surface area contributed by atoms with Gasteiger partial charge in [-0.15, -0.1) is 0 Å². The molecule has 1 fully saturated rings. The number of carbonyl (C=O) groups is 1. The van der Waals surface area contributed by atoms with Crippen LogP contribution in [0.1, 0.15) is 6.42 Å². The van der Waals surface area contributed by atoms with Crippen LogP contribution >= 0.6 is 0 Å². The third-order valence-electron chi connectivity index (χ3n) is 1.40. The molecule has 1 heterocycles. The van der Waals surface area contributed by atoms with E-state index in [2.05, 4.69) is 5.32 Å². The van der Waals surface area contributed by atoms with Gasteiger partial charge in [0.1, 0.15) is 6.29 Å². The van der Waals surface area contributed by atoms with Crippen LogP contribution in [0.2, 0.25) is 0 Å². The summed E-state index contributed by atoms with van der Waals surface area (Å²) in [5, 5.41) is 2.18. The van der Waals surface area contributed by atoms with Gasteiger partial charge in [0.05, 0.1) is 19.0 Å². The van der Waals surface area contributed by atoms with E-state index in [1.807, 2.05) is 0 Å². The third kappa shape index (κ3) is 0.996. The molecule has 7 heavy (non-hydrogen) atoms. The summed E-state index contributed by atoms with van der Waals surface area (Å²) in [6.45, 7) is 2.16. The van der Waals surface area contributed by atoms with Gasteiger partial charge in [0, 0.05) is 6.42 Å². The molecule has 0 aromatic carbocycles. The molecule has 1 atom stereocenters. The molecule has 0 radical (unpaired) electrons. The van der Waals surface area contributed by atoms with E-state index in [4.69, 9.17) is 0 Å². The molecule has 1 saturated heterocycles. The minimum absolute atomic E-state index is 0.361. The van der Waals surface area contributed by atoms with Gasteiger partial charge in [0.2, 0.25) is 0 Å². The van der Waals surface area contributed by atoms with Gasteiger partial charge in [-0.05, 0) is 0 Å². The van der Waals surface area contributed by atoms with Gasteiger partial charge < -0.3 is 10.1 Å². The Morgan fingerprint density at radius 2 is 2.57 bits per heavy atom. The Kier molecular flexibility index (Phi) is 1.42. The van der Waals surface area contributed by atoms with Crippen LogP contribution in [0, 0.1) is 5.92 Å². The zero-order valence-electron chi connectivity index (χ0n) is 4.26. The summed E-state index contributed by atoms with van der Waals surface area (Å²) in [5.41, 5.74) is 0. The summed E-state index contributed by atoms with van der Waals surface area (Å²) in [4.78, 5) is 9.99. The minimum Gasteiger partial charge on any atom is -0.346 e. The second-order valence-electron chi connectivity index (χ2n) is 2.00. The second kappa shape index (κ2) is 2.07.